The first-order valence-electron chi connectivity index (χ1n) is 9.12. The molecule has 28 heavy (non-hydrogen) atoms. The Balaban J connectivity index is 1.49. The third-order valence-electron chi connectivity index (χ3n) is 4.27. The second kappa shape index (κ2) is 9.94. The Morgan fingerprint density at radius 2 is 1.75 bits per heavy atom. The zero-order valence-electron chi connectivity index (χ0n) is 16.1. The molecule has 0 saturated heterocycles. The molecule has 3 rings (SSSR count). The number of nitrogens with zero attached hydrogens (tertiary/aromatic N) is 4. The molecule has 0 unspecified atom stereocenters. The van der Waals surface area contributed by atoms with Gasteiger partial charge in [-0.05, 0) is 24.6 Å². The second-order valence-corrected chi connectivity index (χ2v) is 7.31. The Bertz CT molecular complexity index is 884. The van der Waals surface area contributed by atoms with Gasteiger partial charge in [0, 0.05) is 7.05 Å². The SMILES string of the molecule is Cc1nnc(SCC(=O)N(C)CCOc2ccccc2)n1Cc1ccccc1. The minimum atomic E-state index is 0.0357. The molecule has 0 N–H and O–H groups in total. The lowest BCUT2D eigenvalue weighted by molar-refractivity contribution is -0.127. The number of para-hydroxylation sites is 1. The first-order valence-corrected chi connectivity index (χ1v) is 10.1. The van der Waals surface area contributed by atoms with Crippen molar-refractivity contribution >= 4 is 17.7 Å². The van der Waals surface area contributed by atoms with E-state index in [1.165, 1.54) is 17.3 Å². The molecule has 1 amide bonds. The standard InChI is InChI=1S/C21H24N4O2S/c1-17-22-23-21(25(17)15-18-9-5-3-6-10-18)28-16-20(26)24(2)13-14-27-19-11-7-4-8-12-19/h3-12H,13-16H2,1-2H3. The minimum absolute atomic E-state index is 0.0357. The summed E-state index contributed by atoms with van der Waals surface area (Å²) in [7, 11) is 1.79. The summed E-state index contributed by atoms with van der Waals surface area (Å²) in [5.74, 6) is 1.99. The number of thioether (sulfide) groups is 1. The van der Waals surface area contributed by atoms with E-state index in [-0.39, 0.29) is 5.91 Å². The molecule has 0 saturated carbocycles. The molecule has 7 heteroatoms. The van der Waals surface area contributed by atoms with Gasteiger partial charge in [0.2, 0.25) is 5.91 Å². The highest BCUT2D eigenvalue weighted by molar-refractivity contribution is 7.99. The van der Waals surface area contributed by atoms with Crippen molar-refractivity contribution in [2.24, 2.45) is 0 Å². The number of carbonyl (C=O) groups is 1. The first kappa shape index (κ1) is 19.9. The van der Waals surface area contributed by atoms with Crippen molar-refractivity contribution in [3.8, 4) is 5.75 Å². The predicted molar refractivity (Wildman–Crippen MR) is 111 cm³/mol. The van der Waals surface area contributed by atoms with Gasteiger partial charge in [0.1, 0.15) is 18.2 Å². The largest absolute Gasteiger partial charge is 0.492 e. The molecule has 0 aliphatic heterocycles. The summed E-state index contributed by atoms with van der Waals surface area (Å²) in [5, 5.41) is 9.14. The highest BCUT2D eigenvalue weighted by Crippen LogP contribution is 2.19. The highest BCUT2D eigenvalue weighted by atomic mass is 32.2. The van der Waals surface area contributed by atoms with E-state index in [1.54, 1.807) is 11.9 Å². The number of ether oxygens (including phenoxy) is 1. The van der Waals surface area contributed by atoms with Crippen molar-refractivity contribution in [1.29, 1.82) is 0 Å². The summed E-state index contributed by atoms with van der Waals surface area (Å²) in [6, 6.07) is 19.8. The van der Waals surface area contributed by atoms with Gasteiger partial charge in [-0.1, -0.05) is 60.3 Å². The number of rotatable bonds is 9. The first-order chi connectivity index (χ1) is 13.6. The van der Waals surface area contributed by atoms with E-state index in [9.17, 15) is 4.79 Å². The van der Waals surface area contributed by atoms with Crippen LogP contribution in [0.25, 0.3) is 0 Å². The van der Waals surface area contributed by atoms with E-state index in [1.807, 2.05) is 60.0 Å². The van der Waals surface area contributed by atoms with Gasteiger partial charge in [-0.2, -0.15) is 0 Å². The average molecular weight is 397 g/mol. The van der Waals surface area contributed by atoms with Crippen LogP contribution in [0, 0.1) is 6.92 Å². The van der Waals surface area contributed by atoms with Gasteiger partial charge < -0.3 is 14.2 Å². The van der Waals surface area contributed by atoms with Crippen LogP contribution in [0.5, 0.6) is 5.75 Å². The van der Waals surface area contributed by atoms with Crippen LogP contribution >= 0.6 is 11.8 Å². The highest BCUT2D eigenvalue weighted by Gasteiger charge is 2.14. The third kappa shape index (κ3) is 5.60. The molecule has 0 bridgehead atoms. The fourth-order valence-corrected chi connectivity index (χ4v) is 3.52. The smallest absolute Gasteiger partial charge is 0.232 e. The van der Waals surface area contributed by atoms with Gasteiger partial charge in [0.05, 0.1) is 18.8 Å². The maximum atomic E-state index is 12.4. The maximum Gasteiger partial charge on any atom is 0.232 e. The Morgan fingerprint density at radius 3 is 2.46 bits per heavy atom. The fourth-order valence-electron chi connectivity index (χ4n) is 2.59. The molecule has 0 fully saturated rings. The molecule has 0 aliphatic rings. The molecule has 2 aromatic carbocycles. The molecule has 0 radical (unpaired) electrons. The molecule has 6 nitrogen and oxygen atoms in total. The van der Waals surface area contributed by atoms with Crippen molar-refractivity contribution in [3.05, 3.63) is 72.1 Å². The molecule has 0 atom stereocenters. The lowest BCUT2D eigenvalue weighted by atomic mass is 10.2. The Hall–Kier alpha value is -2.80. The topological polar surface area (TPSA) is 60.3 Å². The number of hydrogen-bond acceptors (Lipinski definition) is 5. The summed E-state index contributed by atoms with van der Waals surface area (Å²) < 4.78 is 7.68. The van der Waals surface area contributed by atoms with E-state index < -0.39 is 0 Å². The van der Waals surface area contributed by atoms with Crippen LogP contribution in [-0.4, -0.2) is 51.5 Å². The molecule has 1 heterocycles. The number of hydrogen-bond donors (Lipinski definition) is 0. The molecular weight excluding hydrogens is 372 g/mol. The molecule has 0 aliphatic carbocycles. The van der Waals surface area contributed by atoms with Crippen molar-refractivity contribution < 1.29 is 9.53 Å². The van der Waals surface area contributed by atoms with E-state index in [0.29, 0.717) is 25.4 Å². The van der Waals surface area contributed by atoms with Crippen LogP contribution < -0.4 is 4.74 Å². The fraction of sp³-hybridized carbons (Fsp3) is 0.286. The van der Waals surface area contributed by atoms with Gasteiger partial charge in [-0.25, -0.2) is 0 Å². The van der Waals surface area contributed by atoms with Crippen LogP contribution in [0.3, 0.4) is 0 Å². The Morgan fingerprint density at radius 1 is 1.07 bits per heavy atom. The minimum Gasteiger partial charge on any atom is -0.492 e. The predicted octanol–water partition coefficient (Wildman–Crippen LogP) is 3.26. The number of amides is 1. The van der Waals surface area contributed by atoms with Gasteiger partial charge in [0.15, 0.2) is 5.16 Å². The molecular formula is C21H24N4O2S. The summed E-state index contributed by atoms with van der Waals surface area (Å²) in [5.41, 5.74) is 1.17. The van der Waals surface area contributed by atoms with Crippen LogP contribution in [0.2, 0.25) is 0 Å². The van der Waals surface area contributed by atoms with Crippen LogP contribution in [-0.2, 0) is 11.3 Å². The van der Waals surface area contributed by atoms with Gasteiger partial charge in [0.25, 0.3) is 0 Å². The maximum absolute atomic E-state index is 12.4. The van der Waals surface area contributed by atoms with Crippen LogP contribution in [0.15, 0.2) is 65.8 Å². The van der Waals surface area contributed by atoms with Gasteiger partial charge >= 0.3 is 0 Å². The van der Waals surface area contributed by atoms with Crippen LogP contribution in [0.4, 0.5) is 0 Å². The van der Waals surface area contributed by atoms with Crippen LogP contribution in [0.1, 0.15) is 11.4 Å². The number of benzene rings is 2. The van der Waals surface area contributed by atoms with Gasteiger partial charge in [-0.15, -0.1) is 10.2 Å². The number of carbonyl (C=O) groups excluding carboxylic acids is 1. The second-order valence-electron chi connectivity index (χ2n) is 6.37. The lowest BCUT2D eigenvalue weighted by Gasteiger charge is -2.17. The van der Waals surface area contributed by atoms with Gasteiger partial charge in [-0.3, -0.25) is 4.79 Å². The summed E-state index contributed by atoms with van der Waals surface area (Å²) in [6.07, 6.45) is 0. The molecule has 146 valence electrons. The molecule has 1 aromatic heterocycles. The average Bonchev–Trinajstić information content (AvgIpc) is 3.07. The van der Waals surface area contributed by atoms with E-state index in [0.717, 1.165) is 16.7 Å². The number of aryl methyl sites for hydroxylation is 1. The quantitative estimate of drug-likeness (QED) is 0.520. The molecule has 3 aromatic rings. The Kier molecular flexibility index (Phi) is 7.08. The van der Waals surface area contributed by atoms with Crippen molar-refractivity contribution in [2.75, 3.05) is 26.0 Å². The number of aromatic nitrogens is 3. The zero-order chi connectivity index (χ0) is 19.8. The van der Waals surface area contributed by atoms with Crippen molar-refractivity contribution in [3.63, 3.8) is 0 Å². The third-order valence-corrected chi connectivity index (χ3v) is 5.23. The monoisotopic (exact) mass is 396 g/mol. The number of likely N-dealkylation sites (N-methyl/N-ethyl adjacent to an activating group) is 1. The van der Waals surface area contributed by atoms with E-state index >= 15 is 0 Å². The summed E-state index contributed by atoms with van der Waals surface area (Å²) >= 11 is 1.41. The van der Waals surface area contributed by atoms with E-state index in [2.05, 4.69) is 22.3 Å². The zero-order valence-corrected chi connectivity index (χ0v) is 16.9. The lowest BCUT2D eigenvalue weighted by Crippen LogP contribution is -2.32. The summed E-state index contributed by atoms with van der Waals surface area (Å²) in [6.45, 7) is 3.61. The molecule has 0 spiro atoms. The summed E-state index contributed by atoms with van der Waals surface area (Å²) in [4.78, 5) is 14.1. The van der Waals surface area contributed by atoms with E-state index in [4.69, 9.17) is 4.74 Å². The van der Waals surface area contributed by atoms with Crippen molar-refractivity contribution in [2.45, 2.75) is 18.6 Å². The normalized spacial score (nSPS) is 10.6. The van der Waals surface area contributed by atoms with Crippen molar-refractivity contribution in [1.82, 2.24) is 19.7 Å². The Labute approximate surface area is 169 Å².